The molecule has 162 valence electrons. The van der Waals surface area contributed by atoms with Gasteiger partial charge in [0.1, 0.15) is 5.76 Å². The van der Waals surface area contributed by atoms with Gasteiger partial charge in [-0.05, 0) is 55.0 Å². The summed E-state index contributed by atoms with van der Waals surface area (Å²) >= 11 is 11.7. The number of hydrogen-bond acceptors (Lipinski definition) is 4. The second-order valence-corrected chi connectivity index (χ2v) is 7.93. The van der Waals surface area contributed by atoms with Crippen LogP contribution in [0.15, 0.2) is 47.1 Å². The van der Waals surface area contributed by atoms with Gasteiger partial charge in [-0.1, -0.05) is 30.9 Å². The predicted octanol–water partition coefficient (Wildman–Crippen LogP) is 5.18. The number of aryl methyl sites for hydroxylation is 1. The predicted molar refractivity (Wildman–Crippen MR) is 124 cm³/mol. The molecular formula is C23H25ClN4O2S. The Bertz CT molecular complexity index is 1090. The lowest BCUT2D eigenvalue weighted by Crippen LogP contribution is -2.31. The molecule has 1 aromatic carbocycles. The van der Waals surface area contributed by atoms with Crippen LogP contribution in [0.3, 0.4) is 0 Å². The van der Waals surface area contributed by atoms with Gasteiger partial charge in [-0.2, -0.15) is 5.10 Å². The summed E-state index contributed by atoms with van der Waals surface area (Å²) in [6.07, 6.45) is 9.29. The Kier molecular flexibility index (Phi) is 8.10. The number of aromatic nitrogens is 3. The number of furan rings is 1. The highest BCUT2D eigenvalue weighted by Gasteiger charge is 2.17. The largest absolute Gasteiger partial charge is 0.467 e. The van der Waals surface area contributed by atoms with Crippen molar-refractivity contribution in [2.75, 3.05) is 6.54 Å². The van der Waals surface area contributed by atoms with E-state index in [-0.39, 0.29) is 18.9 Å². The maximum atomic E-state index is 12.8. The van der Waals surface area contributed by atoms with Crippen molar-refractivity contribution in [1.29, 1.82) is 0 Å². The number of unbranched alkanes of at least 4 members (excludes halogenated alkanes) is 1. The fourth-order valence-electron chi connectivity index (χ4n) is 3.21. The summed E-state index contributed by atoms with van der Waals surface area (Å²) in [6, 6.07) is 11.1. The van der Waals surface area contributed by atoms with Gasteiger partial charge in [-0.3, -0.25) is 9.36 Å². The Hall–Kier alpha value is -2.82. The number of benzene rings is 1. The lowest BCUT2D eigenvalue weighted by atomic mass is 10.2. The second kappa shape index (κ2) is 11.0. The number of carbonyl (C=O) groups is 1. The molecule has 0 unspecified atom stereocenters. The molecule has 0 aliphatic rings. The smallest absolute Gasteiger partial charge is 0.225 e. The molecule has 31 heavy (non-hydrogen) atoms. The number of hydrogen-bond donors (Lipinski definition) is 0. The summed E-state index contributed by atoms with van der Waals surface area (Å²) in [5.74, 6) is 3.93. The van der Waals surface area contributed by atoms with Crippen molar-refractivity contribution in [1.82, 2.24) is 19.2 Å². The summed E-state index contributed by atoms with van der Waals surface area (Å²) in [5.41, 5.74) is 0.934. The van der Waals surface area contributed by atoms with Gasteiger partial charge in [0.25, 0.3) is 0 Å². The molecule has 3 aromatic rings. The van der Waals surface area contributed by atoms with E-state index in [0.717, 1.165) is 30.8 Å². The lowest BCUT2D eigenvalue weighted by Gasteiger charge is -2.18. The summed E-state index contributed by atoms with van der Waals surface area (Å²) in [4.78, 5) is 14.4. The molecule has 0 N–H and O–H groups in total. The number of halogens is 1. The molecule has 3 rings (SSSR count). The fraction of sp³-hybridized carbons (Fsp3) is 0.348. The molecule has 0 aliphatic carbocycles. The minimum atomic E-state index is -0.0765. The van der Waals surface area contributed by atoms with Crippen LogP contribution in [0, 0.1) is 17.1 Å². The number of terminal acetylenes is 1. The summed E-state index contributed by atoms with van der Waals surface area (Å²) in [7, 11) is 0. The fourth-order valence-corrected chi connectivity index (χ4v) is 3.65. The molecule has 0 saturated heterocycles. The van der Waals surface area contributed by atoms with E-state index in [1.807, 2.05) is 34.9 Å². The molecule has 2 heterocycles. The molecule has 0 aliphatic heterocycles. The average molecular weight is 457 g/mol. The van der Waals surface area contributed by atoms with E-state index in [1.165, 1.54) is 0 Å². The Morgan fingerprint density at radius 3 is 2.71 bits per heavy atom. The molecule has 6 nitrogen and oxygen atoms in total. The highest BCUT2D eigenvalue weighted by Crippen LogP contribution is 2.22. The Balaban J connectivity index is 1.78. The van der Waals surface area contributed by atoms with Crippen LogP contribution >= 0.6 is 23.8 Å². The van der Waals surface area contributed by atoms with E-state index < -0.39 is 0 Å². The molecule has 0 fully saturated rings. The standard InChI is InChI=1S/C23H25ClN4O2S/c1-3-5-14-27-22(18-8-10-19(24)11-9-18)25-28(23(27)31)15-12-21(29)26(13-4-2)17-20-7-6-16-30-20/h2,6-11,16H,3,5,12-15,17H2,1H3. The van der Waals surface area contributed by atoms with E-state index in [0.29, 0.717) is 28.6 Å². The van der Waals surface area contributed by atoms with Crippen molar-refractivity contribution in [2.24, 2.45) is 0 Å². The number of carbonyl (C=O) groups excluding carboxylic acids is 1. The van der Waals surface area contributed by atoms with Crippen molar-refractivity contribution in [3.05, 3.63) is 58.2 Å². The third-order valence-electron chi connectivity index (χ3n) is 4.86. The van der Waals surface area contributed by atoms with Gasteiger partial charge in [0.15, 0.2) is 10.6 Å². The maximum absolute atomic E-state index is 12.8. The highest BCUT2D eigenvalue weighted by atomic mass is 35.5. The first-order valence-electron chi connectivity index (χ1n) is 10.2. The van der Waals surface area contributed by atoms with Crippen LogP contribution in [0.2, 0.25) is 5.02 Å². The molecule has 0 spiro atoms. The van der Waals surface area contributed by atoms with E-state index in [9.17, 15) is 4.79 Å². The molecule has 0 atom stereocenters. The summed E-state index contributed by atoms with van der Waals surface area (Å²) in [5, 5.41) is 5.38. The zero-order chi connectivity index (χ0) is 22.2. The molecule has 2 aromatic heterocycles. The number of amides is 1. The SMILES string of the molecule is C#CCN(Cc1ccco1)C(=O)CCn1nc(-c2ccc(Cl)cc2)n(CCCC)c1=S. The van der Waals surface area contributed by atoms with Gasteiger partial charge >= 0.3 is 0 Å². The normalized spacial score (nSPS) is 10.7. The van der Waals surface area contributed by atoms with Crippen LogP contribution in [0.5, 0.6) is 0 Å². The van der Waals surface area contributed by atoms with Gasteiger partial charge in [-0.15, -0.1) is 6.42 Å². The third kappa shape index (κ3) is 5.87. The van der Waals surface area contributed by atoms with Crippen LogP contribution in [0.4, 0.5) is 0 Å². The monoisotopic (exact) mass is 456 g/mol. The quantitative estimate of drug-likeness (QED) is 0.311. The van der Waals surface area contributed by atoms with Crippen LogP contribution in [0.25, 0.3) is 11.4 Å². The first kappa shape index (κ1) is 22.9. The van der Waals surface area contributed by atoms with Gasteiger partial charge in [0.2, 0.25) is 5.91 Å². The summed E-state index contributed by atoms with van der Waals surface area (Å²) < 4.78 is 9.68. The van der Waals surface area contributed by atoms with Gasteiger partial charge in [0, 0.05) is 23.6 Å². The molecule has 0 saturated carbocycles. The van der Waals surface area contributed by atoms with Gasteiger partial charge < -0.3 is 9.32 Å². The highest BCUT2D eigenvalue weighted by molar-refractivity contribution is 7.71. The van der Waals surface area contributed by atoms with Crippen LogP contribution in [-0.2, 0) is 24.4 Å². The van der Waals surface area contributed by atoms with Crippen molar-refractivity contribution >= 4 is 29.7 Å². The van der Waals surface area contributed by atoms with E-state index in [4.69, 9.17) is 39.8 Å². The average Bonchev–Trinajstić information content (AvgIpc) is 3.39. The lowest BCUT2D eigenvalue weighted by molar-refractivity contribution is -0.131. The van der Waals surface area contributed by atoms with Gasteiger partial charge in [0.05, 0.1) is 25.9 Å². The second-order valence-electron chi connectivity index (χ2n) is 7.12. The molecule has 0 bridgehead atoms. The van der Waals surface area contributed by atoms with E-state index in [1.54, 1.807) is 21.9 Å². The van der Waals surface area contributed by atoms with Crippen LogP contribution in [0.1, 0.15) is 31.9 Å². The van der Waals surface area contributed by atoms with E-state index in [2.05, 4.69) is 12.8 Å². The van der Waals surface area contributed by atoms with Crippen LogP contribution in [-0.4, -0.2) is 31.7 Å². The van der Waals surface area contributed by atoms with E-state index >= 15 is 0 Å². The van der Waals surface area contributed by atoms with Crippen molar-refractivity contribution in [2.45, 2.75) is 45.8 Å². The van der Waals surface area contributed by atoms with Gasteiger partial charge in [-0.25, -0.2) is 4.68 Å². The molecule has 8 heteroatoms. The number of rotatable bonds is 10. The Labute approximate surface area is 192 Å². The minimum absolute atomic E-state index is 0.0765. The Morgan fingerprint density at radius 1 is 1.29 bits per heavy atom. The first-order chi connectivity index (χ1) is 15.0. The van der Waals surface area contributed by atoms with Crippen LogP contribution < -0.4 is 0 Å². The maximum Gasteiger partial charge on any atom is 0.225 e. The van der Waals surface area contributed by atoms with Crippen molar-refractivity contribution in [3.8, 4) is 23.7 Å². The third-order valence-corrected chi connectivity index (χ3v) is 5.54. The molecular weight excluding hydrogens is 432 g/mol. The first-order valence-corrected chi connectivity index (χ1v) is 11.0. The topological polar surface area (TPSA) is 56.2 Å². The molecule has 0 radical (unpaired) electrons. The van der Waals surface area contributed by atoms with Crippen molar-refractivity contribution in [3.63, 3.8) is 0 Å². The number of nitrogens with zero attached hydrogens (tertiary/aromatic N) is 4. The minimum Gasteiger partial charge on any atom is -0.467 e. The molecule has 1 amide bonds. The zero-order valence-electron chi connectivity index (χ0n) is 17.5. The summed E-state index contributed by atoms with van der Waals surface area (Å²) in [6.45, 7) is 3.82. The Morgan fingerprint density at radius 2 is 2.06 bits per heavy atom. The zero-order valence-corrected chi connectivity index (χ0v) is 19.0. The van der Waals surface area contributed by atoms with Crippen molar-refractivity contribution < 1.29 is 9.21 Å².